The molecule has 0 atom stereocenters. The Labute approximate surface area is 129 Å². The molecule has 1 aliphatic carbocycles. The van der Waals surface area contributed by atoms with Crippen LogP contribution in [0.4, 0.5) is 0 Å². The first-order chi connectivity index (χ1) is 10.1. The molecule has 1 aromatic carbocycles. The van der Waals surface area contributed by atoms with E-state index in [1.54, 1.807) is 7.11 Å². The van der Waals surface area contributed by atoms with Crippen LogP contribution in [-0.2, 0) is 0 Å². The van der Waals surface area contributed by atoms with Gasteiger partial charge in [-0.3, -0.25) is 0 Å². The van der Waals surface area contributed by atoms with Crippen LogP contribution in [0.1, 0.15) is 51.5 Å². The van der Waals surface area contributed by atoms with E-state index in [1.807, 2.05) is 0 Å². The number of ether oxygens (including phenoxy) is 2. The van der Waals surface area contributed by atoms with Gasteiger partial charge < -0.3 is 14.8 Å². The van der Waals surface area contributed by atoms with Gasteiger partial charge in [-0.1, -0.05) is 26.8 Å². The van der Waals surface area contributed by atoms with Gasteiger partial charge in [-0.05, 0) is 55.3 Å². The lowest BCUT2D eigenvalue weighted by atomic mass is 9.76. The molecular formula is C18H29NO2. The van der Waals surface area contributed by atoms with E-state index in [-0.39, 0.29) is 0 Å². The molecule has 2 rings (SSSR count). The van der Waals surface area contributed by atoms with Crippen LogP contribution in [0.15, 0.2) is 18.2 Å². The highest BCUT2D eigenvalue weighted by molar-refractivity contribution is 5.44. The maximum absolute atomic E-state index is 5.85. The molecule has 1 saturated carbocycles. The third-order valence-electron chi connectivity index (χ3n) is 4.24. The van der Waals surface area contributed by atoms with Crippen LogP contribution in [0.3, 0.4) is 0 Å². The van der Waals surface area contributed by atoms with Gasteiger partial charge >= 0.3 is 0 Å². The second-order valence-corrected chi connectivity index (χ2v) is 6.36. The zero-order valence-corrected chi connectivity index (χ0v) is 13.8. The SMILES string of the molecule is CCNC1CC(c2ccc(OCCC(C)C)c(OC)c2)C1. The first-order valence-electron chi connectivity index (χ1n) is 8.18. The number of benzene rings is 1. The van der Waals surface area contributed by atoms with Crippen molar-refractivity contribution in [2.45, 2.75) is 52.0 Å². The third kappa shape index (κ3) is 4.37. The Morgan fingerprint density at radius 2 is 2.00 bits per heavy atom. The van der Waals surface area contributed by atoms with Crippen LogP contribution in [-0.4, -0.2) is 26.3 Å². The lowest BCUT2D eigenvalue weighted by molar-refractivity contribution is 0.270. The summed E-state index contributed by atoms with van der Waals surface area (Å²) in [5, 5.41) is 3.50. The summed E-state index contributed by atoms with van der Waals surface area (Å²) in [5.74, 6) is 3.05. The molecule has 1 fully saturated rings. The molecular weight excluding hydrogens is 262 g/mol. The van der Waals surface area contributed by atoms with E-state index in [2.05, 4.69) is 44.3 Å². The Bertz CT molecular complexity index is 439. The molecule has 3 nitrogen and oxygen atoms in total. The summed E-state index contributed by atoms with van der Waals surface area (Å²) in [4.78, 5) is 0. The molecule has 0 radical (unpaired) electrons. The van der Waals surface area contributed by atoms with E-state index < -0.39 is 0 Å². The van der Waals surface area contributed by atoms with Gasteiger partial charge in [0.2, 0.25) is 0 Å². The Kier molecular flexibility index (Phi) is 5.92. The summed E-state index contributed by atoms with van der Waals surface area (Å²) in [6, 6.07) is 7.10. The summed E-state index contributed by atoms with van der Waals surface area (Å²) in [7, 11) is 1.72. The molecule has 21 heavy (non-hydrogen) atoms. The minimum absolute atomic E-state index is 0.660. The molecule has 0 saturated heterocycles. The topological polar surface area (TPSA) is 30.5 Å². The molecule has 0 amide bonds. The van der Waals surface area contributed by atoms with Gasteiger partial charge in [0.15, 0.2) is 11.5 Å². The summed E-state index contributed by atoms with van der Waals surface area (Å²) in [5.41, 5.74) is 1.37. The maximum Gasteiger partial charge on any atom is 0.161 e. The highest BCUT2D eigenvalue weighted by Crippen LogP contribution is 2.40. The normalized spacial score (nSPS) is 21.2. The van der Waals surface area contributed by atoms with Crippen molar-refractivity contribution in [2.75, 3.05) is 20.3 Å². The van der Waals surface area contributed by atoms with Crippen molar-refractivity contribution in [3.63, 3.8) is 0 Å². The quantitative estimate of drug-likeness (QED) is 0.786. The zero-order chi connectivity index (χ0) is 15.2. The highest BCUT2D eigenvalue weighted by Gasteiger charge is 2.29. The van der Waals surface area contributed by atoms with Crippen molar-refractivity contribution in [3.05, 3.63) is 23.8 Å². The van der Waals surface area contributed by atoms with Crippen LogP contribution in [0, 0.1) is 5.92 Å². The molecule has 3 heteroatoms. The maximum atomic E-state index is 5.85. The monoisotopic (exact) mass is 291 g/mol. The van der Waals surface area contributed by atoms with Gasteiger partial charge in [-0.2, -0.15) is 0 Å². The Morgan fingerprint density at radius 1 is 1.24 bits per heavy atom. The van der Waals surface area contributed by atoms with Crippen molar-refractivity contribution in [1.29, 1.82) is 0 Å². The first kappa shape index (κ1) is 16.2. The van der Waals surface area contributed by atoms with Crippen LogP contribution in [0.2, 0.25) is 0 Å². The van der Waals surface area contributed by atoms with Crippen molar-refractivity contribution in [1.82, 2.24) is 5.32 Å². The molecule has 1 aromatic rings. The van der Waals surface area contributed by atoms with Gasteiger partial charge in [-0.25, -0.2) is 0 Å². The number of rotatable bonds is 8. The van der Waals surface area contributed by atoms with Crippen LogP contribution >= 0.6 is 0 Å². The number of hydrogen-bond acceptors (Lipinski definition) is 3. The van der Waals surface area contributed by atoms with Gasteiger partial charge in [-0.15, -0.1) is 0 Å². The fourth-order valence-corrected chi connectivity index (χ4v) is 2.81. The predicted octanol–water partition coefficient (Wildman–Crippen LogP) is 3.98. The highest BCUT2D eigenvalue weighted by atomic mass is 16.5. The van der Waals surface area contributed by atoms with Gasteiger partial charge in [0.05, 0.1) is 13.7 Å². The minimum Gasteiger partial charge on any atom is -0.493 e. The van der Waals surface area contributed by atoms with Gasteiger partial charge in [0.1, 0.15) is 0 Å². The molecule has 0 aromatic heterocycles. The summed E-state index contributed by atoms with van der Waals surface area (Å²) < 4.78 is 11.3. The Morgan fingerprint density at radius 3 is 2.62 bits per heavy atom. The van der Waals surface area contributed by atoms with Crippen LogP contribution < -0.4 is 14.8 Å². The van der Waals surface area contributed by atoms with Crippen molar-refractivity contribution in [2.24, 2.45) is 5.92 Å². The fourth-order valence-electron chi connectivity index (χ4n) is 2.81. The summed E-state index contributed by atoms with van der Waals surface area (Å²) in [6.45, 7) is 8.39. The van der Waals surface area contributed by atoms with E-state index >= 15 is 0 Å². The molecule has 0 bridgehead atoms. The molecule has 118 valence electrons. The number of hydrogen-bond donors (Lipinski definition) is 1. The molecule has 0 aliphatic heterocycles. The average molecular weight is 291 g/mol. The first-order valence-corrected chi connectivity index (χ1v) is 8.18. The Balaban J connectivity index is 1.93. The molecule has 0 heterocycles. The fraction of sp³-hybridized carbons (Fsp3) is 0.667. The lowest BCUT2D eigenvalue weighted by Crippen LogP contribution is -2.39. The van der Waals surface area contributed by atoms with Crippen LogP contribution in [0.5, 0.6) is 11.5 Å². The van der Waals surface area contributed by atoms with Crippen molar-refractivity contribution in [3.8, 4) is 11.5 Å². The smallest absolute Gasteiger partial charge is 0.161 e. The van der Waals surface area contributed by atoms with Crippen LogP contribution in [0.25, 0.3) is 0 Å². The molecule has 0 spiro atoms. The van der Waals surface area contributed by atoms with E-state index in [1.165, 1.54) is 18.4 Å². The van der Waals surface area contributed by atoms with Crippen molar-refractivity contribution >= 4 is 0 Å². The minimum atomic E-state index is 0.660. The second-order valence-electron chi connectivity index (χ2n) is 6.36. The summed E-state index contributed by atoms with van der Waals surface area (Å²) in [6.07, 6.45) is 3.52. The largest absolute Gasteiger partial charge is 0.493 e. The van der Waals surface area contributed by atoms with E-state index in [9.17, 15) is 0 Å². The van der Waals surface area contributed by atoms with Gasteiger partial charge in [0, 0.05) is 6.04 Å². The Hall–Kier alpha value is -1.22. The van der Waals surface area contributed by atoms with E-state index in [4.69, 9.17) is 9.47 Å². The second kappa shape index (κ2) is 7.69. The third-order valence-corrected chi connectivity index (χ3v) is 4.24. The van der Waals surface area contributed by atoms with Gasteiger partial charge in [0.25, 0.3) is 0 Å². The molecule has 1 N–H and O–H groups in total. The van der Waals surface area contributed by atoms with Crippen molar-refractivity contribution < 1.29 is 9.47 Å². The van der Waals surface area contributed by atoms with E-state index in [0.29, 0.717) is 17.9 Å². The zero-order valence-electron chi connectivity index (χ0n) is 13.8. The molecule has 0 unspecified atom stereocenters. The standard InChI is InChI=1S/C18H29NO2/c1-5-19-16-10-15(11-16)14-6-7-17(18(12-14)20-4)21-9-8-13(2)3/h6-7,12-13,15-16,19H,5,8-11H2,1-4H3. The summed E-state index contributed by atoms with van der Waals surface area (Å²) >= 11 is 0. The number of methoxy groups -OCH3 is 1. The molecule has 1 aliphatic rings. The van der Waals surface area contributed by atoms with E-state index in [0.717, 1.165) is 31.1 Å². The predicted molar refractivity (Wildman–Crippen MR) is 87.4 cm³/mol. The lowest BCUT2D eigenvalue weighted by Gasteiger charge is -2.36. The number of nitrogens with one attached hydrogen (secondary N) is 1. The average Bonchev–Trinajstić information content (AvgIpc) is 2.42.